The molecular weight excluding hydrogens is 504 g/mol. The number of benzene rings is 4. The van der Waals surface area contributed by atoms with E-state index in [2.05, 4.69) is 12.0 Å². The van der Waals surface area contributed by atoms with Crippen molar-refractivity contribution in [1.82, 2.24) is 9.78 Å². The molecule has 4 aromatic carbocycles. The quantitative estimate of drug-likeness (QED) is 0.217. The monoisotopic (exact) mass is 536 g/mol. The first-order valence-corrected chi connectivity index (χ1v) is 13.4. The number of hydrogen-bond donors (Lipinski definition) is 1. The number of aliphatic hydroxyl groups excluding tert-OH is 1. The molecule has 1 N–H and O–H groups in total. The first-order valence-electron chi connectivity index (χ1n) is 13.4. The number of nitrogens with zero attached hydrogens (tertiary/aromatic N) is 2. The van der Waals surface area contributed by atoms with Gasteiger partial charge in [-0.3, -0.25) is 0 Å². The summed E-state index contributed by atoms with van der Waals surface area (Å²) in [4.78, 5) is 12.4. The van der Waals surface area contributed by atoms with Crippen LogP contribution in [0.3, 0.4) is 0 Å². The van der Waals surface area contributed by atoms with Crippen LogP contribution in [0.4, 0.5) is 0 Å². The van der Waals surface area contributed by atoms with Crippen LogP contribution < -0.4 is 15.2 Å². The van der Waals surface area contributed by atoms with E-state index < -0.39 is 5.76 Å². The average molecular weight is 537 g/mol. The van der Waals surface area contributed by atoms with E-state index in [0.29, 0.717) is 31.1 Å². The molecule has 0 spiro atoms. The third-order valence-corrected chi connectivity index (χ3v) is 6.65. The summed E-state index contributed by atoms with van der Waals surface area (Å²) in [7, 11) is 0. The fraction of sp³-hybridized carbons (Fsp3) is 0.212. The first-order chi connectivity index (χ1) is 19.7. The average Bonchev–Trinajstić information content (AvgIpc) is 3.34. The molecule has 0 amide bonds. The minimum Gasteiger partial charge on any atom is -0.488 e. The highest BCUT2D eigenvalue weighted by Gasteiger charge is 2.23. The lowest BCUT2D eigenvalue weighted by molar-refractivity contribution is 0.264. The van der Waals surface area contributed by atoms with Gasteiger partial charge in [0.1, 0.15) is 24.7 Å². The van der Waals surface area contributed by atoms with Crippen LogP contribution in [-0.4, -0.2) is 21.5 Å². The van der Waals surface area contributed by atoms with Crippen LogP contribution in [0.2, 0.25) is 0 Å². The molecule has 0 unspecified atom stereocenters. The Labute approximate surface area is 233 Å². The van der Waals surface area contributed by atoms with Crippen molar-refractivity contribution >= 4 is 0 Å². The predicted molar refractivity (Wildman–Crippen MR) is 153 cm³/mol. The molecular formula is C33H32N2O5. The predicted octanol–water partition coefficient (Wildman–Crippen LogP) is 5.81. The second-order valence-corrected chi connectivity index (χ2v) is 9.36. The zero-order chi connectivity index (χ0) is 27.7. The standard InChI is InChI=1S/C33H32N2O5/c1-2-27-28(20-31-34-35(18-19-36)33(37)40-31)32(26-16-10-5-11-17-26)30(39-23-25-14-8-4-9-15-25)21-29(27)38-22-24-12-6-3-7-13-24/h3-17,21,36H,2,18-20,22-23H2,1H3. The number of aliphatic hydroxyl groups is 1. The highest BCUT2D eigenvalue weighted by atomic mass is 16.5. The molecule has 0 aliphatic rings. The molecule has 204 valence electrons. The zero-order valence-corrected chi connectivity index (χ0v) is 22.5. The fourth-order valence-electron chi connectivity index (χ4n) is 4.75. The van der Waals surface area contributed by atoms with Gasteiger partial charge in [0.15, 0.2) is 0 Å². The summed E-state index contributed by atoms with van der Waals surface area (Å²) in [6.45, 7) is 2.72. The number of hydrogen-bond acceptors (Lipinski definition) is 6. The van der Waals surface area contributed by atoms with Gasteiger partial charge < -0.3 is 19.0 Å². The van der Waals surface area contributed by atoms with E-state index in [-0.39, 0.29) is 25.5 Å². The maximum Gasteiger partial charge on any atom is 0.437 e. The Hall–Kier alpha value is -4.62. The Balaban J connectivity index is 1.64. The lowest BCUT2D eigenvalue weighted by Crippen LogP contribution is -2.17. The van der Waals surface area contributed by atoms with E-state index in [1.165, 1.54) is 0 Å². The van der Waals surface area contributed by atoms with Gasteiger partial charge in [-0.05, 0) is 34.2 Å². The van der Waals surface area contributed by atoms with Crippen LogP contribution in [0.15, 0.2) is 106 Å². The molecule has 5 rings (SSSR count). The summed E-state index contributed by atoms with van der Waals surface area (Å²) in [5.74, 6) is 1.05. The van der Waals surface area contributed by atoms with Crippen LogP contribution in [-0.2, 0) is 32.6 Å². The van der Waals surface area contributed by atoms with Crippen molar-refractivity contribution in [3.8, 4) is 22.6 Å². The third kappa shape index (κ3) is 6.33. The van der Waals surface area contributed by atoms with Crippen molar-refractivity contribution in [3.05, 3.63) is 136 Å². The summed E-state index contributed by atoms with van der Waals surface area (Å²) in [5, 5.41) is 13.7. The van der Waals surface area contributed by atoms with Crippen LogP contribution in [0.25, 0.3) is 11.1 Å². The third-order valence-electron chi connectivity index (χ3n) is 6.65. The Kier molecular flexibility index (Phi) is 8.73. The Morgan fingerprint density at radius 3 is 1.95 bits per heavy atom. The van der Waals surface area contributed by atoms with Crippen molar-refractivity contribution in [2.75, 3.05) is 6.61 Å². The molecule has 7 heteroatoms. The maximum absolute atomic E-state index is 12.4. The largest absolute Gasteiger partial charge is 0.488 e. The Morgan fingerprint density at radius 1 is 0.800 bits per heavy atom. The van der Waals surface area contributed by atoms with Gasteiger partial charge in [0.05, 0.1) is 19.6 Å². The Morgan fingerprint density at radius 2 is 1.38 bits per heavy atom. The summed E-state index contributed by atoms with van der Waals surface area (Å²) in [5.41, 5.74) is 5.88. The summed E-state index contributed by atoms with van der Waals surface area (Å²) < 4.78 is 19.5. The molecule has 0 aliphatic heterocycles. The van der Waals surface area contributed by atoms with Gasteiger partial charge >= 0.3 is 5.76 Å². The van der Waals surface area contributed by atoms with Gasteiger partial charge in [-0.1, -0.05) is 97.9 Å². The molecule has 1 aromatic heterocycles. The zero-order valence-electron chi connectivity index (χ0n) is 22.5. The van der Waals surface area contributed by atoms with Gasteiger partial charge in [-0.15, -0.1) is 5.10 Å². The van der Waals surface area contributed by atoms with Crippen LogP contribution in [0, 0.1) is 0 Å². The molecule has 0 radical (unpaired) electrons. The van der Waals surface area contributed by atoms with Gasteiger partial charge in [-0.2, -0.15) is 4.68 Å². The minimum atomic E-state index is -0.597. The van der Waals surface area contributed by atoms with Crippen LogP contribution in [0.1, 0.15) is 35.1 Å². The molecule has 0 bridgehead atoms. The molecule has 0 aliphatic carbocycles. The van der Waals surface area contributed by atoms with Gasteiger partial charge in [-0.25, -0.2) is 4.79 Å². The highest BCUT2D eigenvalue weighted by Crippen LogP contribution is 2.42. The van der Waals surface area contributed by atoms with E-state index >= 15 is 0 Å². The maximum atomic E-state index is 12.4. The molecule has 5 aromatic rings. The van der Waals surface area contributed by atoms with Gasteiger partial charge in [0, 0.05) is 11.6 Å². The second kappa shape index (κ2) is 13.0. The van der Waals surface area contributed by atoms with Gasteiger partial charge in [0.25, 0.3) is 0 Å². The van der Waals surface area contributed by atoms with E-state index in [9.17, 15) is 9.90 Å². The molecule has 40 heavy (non-hydrogen) atoms. The van der Waals surface area contributed by atoms with Crippen molar-refractivity contribution in [2.45, 2.75) is 39.5 Å². The topological polar surface area (TPSA) is 86.7 Å². The van der Waals surface area contributed by atoms with Crippen molar-refractivity contribution in [2.24, 2.45) is 0 Å². The molecule has 0 saturated carbocycles. The van der Waals surface area contributed by atoms with Crippen molar-refractivity contribution in [1.29, 1.82) is 0 Å². The lowest BCUT2D eigenvalue weighted by Gasteiger charge is -2.22. The molecule has 7 nitrogen and oxygen atoms in total. The lowest BCUT2D eigenvalue weighted by atomic mass is 9.90. The van der Waals surface area contributed by atoms with E-state index in [1.54, 1.807) is 0 Å². The second-order valence-electron chi connectivity index (χ2n) is 9.36. The Bertz CT molecular complexity index is 1580. The van der Waals surface area contributed by atoms with E-state index in [0.717, 1.165) is 38.1 Å². The SMILES string of the molecule is CCc1c(OCc2ccccc2)cc(OCc2ccccc2)c(-c2ccccc2)c1Cc1nn(CCO)c(=O)o1. The molecule has 0 saturated heterocycles. The summed E-state index contributed by atoms with van der Waals surface area (Å²) in [6, 6.07) is 32.0. The number of aromatic nitrogens is 2. The smallest absolute Gasteiger partial charge is 0.437 e. The normalized spacial score (nSPS) is 10.9. The minimum absolute atomic E-state index is 0.0696. The number of rotatable bonds is 12. The van der Waals surface area contributed by atoms with Crippen LogP contribution >= 0.6 is 0 Å². The summed E-state index contributed by atoms with van der Waals surface area (Å²) >= 11 is 0. The molecule has 0 atom stereocenters. The van der Waals surface area contributed by atoms with Crippen molar-refractivity contribution < 1.29 is 19.0 Å². The highest BCUT2D eigenvalue weighted by molar-refractivity contribution is 5.77. The molecule has 0 fully saturated rings. The van der Waals surface area contributed by atoms with Gasteiger partial charge in [0.2, 0.25) is 5.89 Å². The van der Waals surface area contributed by atoms with E-state index in [4.69, 9.17) is 13.9 Å². The van der Waals surface area contributed by atoms with Crippen molar-refractivity contribution in [3.63, 3.8) is 0 Å². The fourth-order valence-corrected chi connectivity index (χ4v) is 4.75. The molecule has 1 heterocycles. The first kappa shape index (κ1) is 27.0. The number of ether oxygens (including phenoxy) is 2. The summed E-state index contributed by atoms with van der Waals surface area (Å²) in [6.07, 6.45) is 0.936. The van der Waals surface area contributed by atoms with E-state index in [1.807, 2.05) is 97.1 Å². The van der Waals surface area contributed by atoms with Crippen LogP contribution in [0.5, 0.6) is 11.5 Å².